The maximum Gasteiger partial charge on any atom is 0.267 e. The van der Waals surface area contributed by atoms with Crippen molar-refractivity contribution in [2.75, 3.05) is 20.8 Å². The number of ether oxygens (including phenoxy) is 2. The van der Waals surface area contributed by atoms with Crippen molar-refractivity contribution in [1.82, 2.24) is 10.6 Å². The highest BCUT2D eigenvalue weighted by molar-refractivity contribution is 14.1. The highest BCUT2D eigenvalue weighted by Crippen LogP contribution is 2.27. The third-order valence-electron chi connectivity index (χ3n) is 4.56. The number of carbonyl (C=O) groups excluding carboxylic acids is 2. The largest absolute Gasteiger partial charge is 0.493 e. The maximum atomic E-state index is 12.9. The first-order valence-electron chi connectivity index (χ1n) is 9.82. The number of hydrogen-bond acceptors (Lipinski definition) is 5. The molecule has 2 amide bonds. The number of hydrogen-bond donors (Lipinski definition) is 2. The molecule has 0 aliphatic heterocycles. The lowest BCUT2D eigenvalue weighted by Gasteiger charge is -2.12. The number of nitrogens with one attached hydrogen (secondary N) is 2. The summed E-state index contributed by atoms with van der Waals surface area (Å²) >= 11 is 2.04. The molecule has 1 heterocycles. The minimum Gasteiger partial charge on any atom is -0.493 e. The summed E-state index contributed by atoms with van der Waals surface area (Å²) in [4.78, 5) is 25.4. The fourth-order valence-electron chi connectivity index (χ4n) is 2.94. The first kappa shape index (κ1) is 23.4. The molecule has 3 aromatic rings. The van der Waals surface area contributed by atoms with Gasteiger partial charge < -0.3 is 24.5 Å². The summed E-state index contributed by atoms with van der Waals surface area (Å²) in [5, 5.41) is 5.53. The monoisotopic (exact) mass is 546 g/mol. The van der Waals surface area contributed by atoms with Crippen LogP contribution in [0.1, 0.15) is 21.7 Å². The Morgan fingerprint density at radius 1 is 1.00 bits per heavy atom. The average molecular weight is 546 g/mol. The average Bonchev–Trinajstić information content (AvgIpc) is 3.23. The molecule has 0 bridgehead atoms. The smallest absolute Gasteiger partial charge is 0.267 e. The Kier molecular flexibility index (Phi) is 8.32. The first-order valence-corrected chi connectivity index (χ1v) is 10.9. The molecule has 0 fully saturated rings. The number of amides is 2. The van der Waals surface area contributed by atoms with Gasteiger partial charge in [-0.3, -0.25) is 9.59 Å². The summed E-state index contributed by atoms with van der Waals surface area (Å²) in [7, 11) is 3.15. The first-order chi connectivity index (χ1) is 15.5. The molecule has 0 saturated heterocycles. The van der Waals surface area contributed by atoms with E-state index in [0.717, 1.165) is 5.56 Å². The van der Waals surface area contributed by atoms with Gasteiger partial charge in [-0.25, -0.2) is 0 Å². The molecule has 32 heavy (non-hydrogen) atoms. The molecule has 2 aromatic carbocycles. The van der Waals surface area contributed by atoms with E-state index >= 15 is 0 Å². The third kappa shape index (κ3) is 6.36. The lowest BCUT2D eigenvalue weighted by molar-refractivity contribution is -0.117. The number of methoxy groups -OCH3 is 2. The Bertz CT molecular complexity index is 1110. The summed E-state index contributed by atoms with van der Waals surface area (Å²) in [6, 6.07) is 17.8. The normalized spacial score (nSPS) is 11.0. The molecule has 166 valence electrons. The van der Waals surface area contributed by atoms with Crippen molar-refractivity contribution in [1.29, 1.82) is 0 Å². The van der Waals surface area contributed by atoms with Crippen molar-refractivity contribution >= 4 is 40.5 Å². The predicted molar refractivity (Wildman–Crippen MR) is 130 cm³/mol. The Hall–Kier alpha value is -3.27. The van der Waals surface area contributed by atoms with Crippen LogP contribution < -0.4 is 20.1 Å². The fraction of sp³-hybridized carbons (Fsp3) is 0.167. The molecule has 0 spiro atoms. The third-order valence-corrected chi connectivity index (χ3v) is 5.14. The van der Waals surface area contributed by atoms with Crippen molar-refractivity contribution in [3.8, 4) is 11.5 Å². The number of benzene rings is 2. The molecular weight excluding hydrogens is 523 g/mol. The van der Waals surface area contributed by atoms with Crippen LogP contribution >= 0.6 is 22.6 Å². The van der Waals surface area contributed by atoms with Gasteiger partial charge in [0.15, 0.2) is 15.3 Å². The second kappa shape index (κ2) is 11.4. The molecule has 2 N–H and O–H groups in total. The Morgan fingerprint density at radius 3 is 2.41 bits per heavy atom. The van der Waals surface area contributed by atoms with Crippen molar-refractivity contribution in [2.45, 2.75) is 6.42 Å². The van der Waals surface area contributed by atoms with Crippen molar-refractivity contribution in [3.05, 3.63) is 87.0 Å². The topological polar surface area (TPSA) is 89.8 Å². The van der Waals surface area contributed by atoms with E-state index in [0.29, 0.717) is 39.6 Å². The Morgan fingerprint density at radius 2 is 1.75 bits per heavy atom. The maximum absolute atomic E-state index is 12.9. The van der Waals surface area contributed by atoms with Crippen LogP contribution in [0.2, 0.25) is 0 Å². The van der Waals surface area contributed by atoms with Gasteiger partial charge in [-0.2, -0.15) is 0 Å². The highest BCUT2D eigenvalue weighted by Gasteiger charge is 2.15. The minimum absolute atomic E-state index is 0.0944. The van der Waals surface area contributed by atoms with Gasteiger partial charge >= 0.3 is 0 Å². The zero-order valence-corrected chi connectivity index (χ0v) is 19.8. The van der Waals surface area contributed by atoms with E-state index in [1.165, 1.54) is 6.08 Å². The van der Waals surface area contributed by atoms with Gasteiger partial charge in [-0.15, -0.1) is 0 Å². The molecule has 0 atom stereocenters. The second-order valence-corrected chi connectivity index (χ2v) is 7.78. The molecule has 0 aliphatic carbocycles. The molecule has 7 nitrogen and oxygen atoms in total. The van der Waals surface area contributed by atoms with Crippen LogP contribution in [-0.4, -0.2) is 32.6 Å². The van der Waals surface area contributed by atoms with Crippen molar-refractivity contribution in [2.24, 2.45) is 0 Å². The summed E-state index contributed by atoms with van der Waals surface area (Å²) in [6.07, 6.45) is 2.08. The zero-order chi connectivity index (χ0) is 22.9. The van der Waals surface area contributed by atoms with Gasteiger partial charge in [0.2, 0.25) is 0 Å². The minimum atomic E-state index is -0.416. The molecule has 0 unspecified atom stereocenters. The number of halogens is 1. The van der Waals surface area contributed by atoms with Gasteiger partial charge in [-0.1, -0.05) is 24.3 Å². The van der Waals surface area contributed by atoms with Crippen LogP contribution in [0.5, 0.6) is 11.5 Å². The van der Waals surface area contributed by atoms with E-state index in [1.807, 2.05) is 46.9 Å². The van der Waals surface area contributed by atoms with E-state index < -0.39 is 5.91 Å². The van der Waals surface area contributed by atoms with Crippen LogP contribution in [0.4, 0.5) is 0 Å². The quantitative estimate of drug-likeness (QED) is 0.313. The molecule has 1 aromatic heterocycles. The summed E-state index contributed by atoms with van der Waals surface area (Å²) in [6.45, 7) is 0.364. The van der Waals surface area contributed by atoms with Gasteiger partial charge in [0.05, 0.1) is 14.2 Å². The van der Waals surface area contributed by atoms with Crippen LogP contribution in [-0.2, 0) is 11.2 Å². The molecule has 0 saturated carbocycles. The lowest BCUT2D eigenvalue weighted by atomic mass is 10.1. The lowest BCUT2D eigenvalue weighted by Crippen LogP contribution is -2.35. The fourth-order valence-corrected chi connectivity index (χ4v) is 3.38. The van der Waals surface area contributed by atoms with Gasteiger partial charge in [0.25, 0.3) is 11.8 Å². The second-order valence-electron chi connectivity index (χ2n) is 6.72. The van der Waals surface area contributed by atoms with Gasteiger partial charge in [-0.05, 0) is 71.0 Å². The molecule has 0 aliphatic rings. The van der Waals surface area contributed by atoms with E-state index in [-0.39, 0.29) is 11.6 Å². The molecule has 3 rings (SSSR count). The Balaban J connectivity index is 1.69. The van der Waals surface area contributed by atoms with Gasteiger partial charge in [0, 0.05) is 18.2 Å². The van der Waals surface area contributed by atoms with Crippen molar-refractivity contribution in [3.63, 3.8) is 0 Å². The summed E-state index contributed by atoms with van der Waals surface area (Å²) in [5.74, 6) is 0.934. The summed E-state index contributed by atoms with van der Waals surface area (Å²) in [5.41, 5.74) is 1.52. The standard InChI is InChI=1S/C24H23IN2O5/c1-30-20-10-8-16(14-21(20)31-2)12-13-26-24(29)19(15-18-9-11-22(25)32-18)27-23(28)17-6-4-3-5-7-17/h3-11,14-15H,12-13H2,1-2H3,(H,26,29)(H,27,28)/b19-15-. The van der Waals surface area contributed by atoms with Crippen LogP contribution in [0.3, 0.4) is 0 Å². The van der Waals surface area contributed by atoms with Crippen LogP contribution in [0.25, 0.3) is 6.08 Å². The van der Waals surface area contributed by atoms with E-state index in [2.05, 4.69) is 10.6 Å². The highest BCUT2D eigenvalue weighted by atomic mass is 127. The molecule has 8 heteroatoms. The number of carbonyl (C=O) groups is 2. The van der Waals surface area contributed by atoms with Gasteiger partial charge in [0.1, 0.15) is 11.5 Å². The SMILES string of the molecule is COc1ccc(CCNC(=O)/C(=C/c2ccc(I)o2)NC(=O)c2ccccc2)cc1OC. The van der Waals surface area contributed by atoms with Crippen LogP contribution in [0, 0.1) is 3.77 Å². The van der Waals surface area contributed by atoms with E-state index in [1.54, 1.807) is 50.6 Å². The van der Waals surface area contributed by atoms with E-state index in [4.69, 9.17) is 13.9 Å². The zero-order valence-electron chi connectivity index (χ0n) is 17.7. The number of rotatable bonds is 9. The number of furan rings is 1. The molecular formula is C24H23IN2O5. The summed E-state index contributed by atoms with van der Waals surface area (Å²) < 4.78 is 16.8. The predicted octanol–water partition coefficient (Wildman–Crippen LogP) is 4.03. The van der Waals surface area contributed by atoms with Crippen molar-refractivity contribution < 1.29 is 23.5 Å². The van der Waals surface area contributed by atoms with E-state index in [9.17, 15) is 9.59 Å². The molecule has 0 radical (unpaired) electrons. The Labute approximate surface area is 199 Å². The van der Waals surface area contributed by atoms with Crippen LogP contribution in [0.15, 0.2) is 70.8 Å².